The zero-order valence-corrected chi connectivity index (χ0v) is 23.0. The van der Waals surface area contributed by atoms with Gasteiger partial charge in [-0.05, 0) is 13.8 Å². The lowest BCUT2D eigenvalue weighted by molar-refractivity contribution is -0.938. The Morgan fingerprint density at radius 1 is 0.854 bits per heavy atom. The highest BCUT2D eigenvalue weighted by molar-refractivity contribution is 8.13. The molecule has 0 fully saturated rings. The first-order valence-electron chi connectivity index (χ1n) is 11.2. The second kappa shape index (κ2) is 14.1. The molecule has 1 aromatic rings. The van der Waals surface area contributed by atoms with Gasteiger partial charge in [-0.2, -0.15) is 43.9 Å². The van der Waals surface area contributed by atoms with E-state index in [2.05, 4.69) is 44.7 Å². The molecule has 0 bridgehead atoms. The number of hydrogen-bond acceptors (Lipinski definition) is 6. The quantitative estimate of drug-likeness (QED) is 0.0914. The standard InChI is InChI=1S/C17H26NO2.C4F10NO4S2/c1-4-17(19)20-14-10-13-18(5-2,6-3)15-16-11-8-7-9-12-16;5-1(6,7)3(11,12)20(16,17)15-21(18,19)4(13,14)2(8,9)10/h4,7-9,11-12H,1,5-6,10,13-15H2,2-3H3;/q+1;-1. The van der Waals surface area contributed by atoms with E-state index in [-0.39, 0.29) is 5.97 Å². The third-order valence-corrected chi connectivity index (χ3v) is 8.72. The van der Waals surface area contributed by atoms with E-state index in [1.807, 2.05) is 6.07 Å². The van der Waals surface area contributed by atoms with Crippen molar-refractivity contribution in [1.29, 1.82) is 0 Å². The summed E-state index contributed by atoms with van der Waals surface area (Å²) >= 11 is 0. The fourth-order valence-electron chi connectivity index (χ4n) is 2.96. The van der Waals surface area contributed by atoms with Crippen LogP contribution in [0.15, 0.2) is 43.0 Å². The molecule has 0 saturated carbocycles. The molecule has 1 rings (SSSR count). The largest absolute Gasteiger partial charge is 0.467 e. The van der Waals surface area contributed by atoms with Gasteiger partial charge in [0, 0.05) is 18.1 Å². The molecule has 0 aliphatic rings. The molecule has 0 atom stereocenters. The number of esters is 1. The Morgan fingerprint density at radius 2 is 1.27 bits per heavy atom. The summed E-state index contributed by atoms with van der Waals surface area (Å²) in [5.74, 6) is -0.334. The van der Waals surface area contributed by atoms with Gasteiger partial charge < -0.3 is 13.3 Å². The smallest absolute Gasteiger partial charge is 0.462 e. The highest BCUT2D eigenvalue weighted by Gasteiger charge is 2.68. The highest BCUT2D eigenvalue weighted by atomic mass is 32.3. The summed E-state index contributed by atoms with van der Waals surface area (Å²) in [6.07, 6.45) is -11.9. The Kier molecular flexibility index (Phi) is 13.3. The van der Waals surface area contributed by atoms with Crippen LogP contribution in [0.25, 0.3) is 4.13 Å². The molecule has 0 aromatic heterocycles. The number of quaternary nitrogens is 1. The fraction of sp³-hybridized carbons (Fsp3) is 0.571. The molecule has 0 spiro atoms. The minimum Gasteiger partial charge on any atom is -0.462 e. The van der Waals surface area contributed by atoms with Crippen molar-refractivity contribution in [3.8, 4) is 0 Å². The number of rotatable bonds is 13. The topological polar surface area (TPSA) is 109 Å². The van der Waals surface area contributed by atoms with Crippen molar-refractivity contribution < 1.29 is 74.8 Å². The molecule has 0 aliphatic heterocycles. The van der Waals surface area contributed by atoms with Gasteiger partial charge in [0.1, 0.15) is 6.54 Å². The maximum Gasteiger partial charge on any atom is 0.467 e. The van der Waals surface area contributed by atoms with Crippen molar-refractivity contribution in [2.75, 3.05) is 26.2 Å². The van der Waals surface area contributed by atoms with Crippen molar-refractivity contribution >= 4 is 26.0 Å². The molecule has 0 N–H and O–H groups in total. The maximum atomic E-state index is 12.3. The average molecular weight is 657 g/mol. The van der Waals surface area contributed by atoms with Gasteiger partial charge >= 0.3 is 28.8 Å². The van der Waals surface area contributed by atoms with Gasteiger partial charge in [-0.3, -0.25) is 0 Å². The molecule has 8 nitrogen and oxygen atoms in total. The van der Waals surface area contributed by atoms with E-state index in [1.54, 1.807) is 0 Å². The third-order valence-electron chi connectivity index (χ3n) is 5.39. The lowest BCUT2D eigenvalue weighted by Gasteiger charge is -2.37. The van der Waals surface area contributed by atoms with Crippen molar-refractivity contribution in [3.05, 3.63) is 52.7 Å². The summed E-state index contributed by atoms with van der Waals surface area (Å²) in [6, 6.07) is 10.6. The number of carbonyl (C=O) groups is 1. The summed E-state index contributed by atoms with van der Waals surface area (Å²) < 4.78 is 167. The first-order chi connectivity index (χ1) is 18.4. The molecule has 0 amide bonds. The summed E-state index contributed by atoms with van der Waals surface area (Å²) in [4.78, 5) is 11.0. The van der Waals surface area contributed by atoms with E-state index in [1.165, 1.54) is 11.6 Å². The van der Waals surface area contributed by atoms with Crippen molar-refractivity contribution in [1.82, 2.24) is 0 Å². The molecule has 238 valence electrons. The van der Waals surface area contributed by atoms with Gasteiger partial charge in [0.2, 0.25) is 0 Å². The molecule has 20 heteroatoms. The third kappa shape index (κ3) is 10.1. The van der Waals surface area contributed by atoms with Crippen LogP contribution in [0.1, 0.15) is 25.8 Å². The first-order valence-corrected chi connectivity index (χ1v) is 14.0. The van der Waals surface area contributed by atoms with E-state index < -0.39 is 42.9 Å². The Hall–Kier alpha value is -2.45. The predicted molar refractivity (Wildman–Crippen MR) is 125 cm³/mol. The molecule has 0 saturated heterocycles. The van der Waals surface area contributed by atoms with Gasteiger partial charge in [-0.25, -0.2) is 21.6 Å². The van der Waals surface area contributed by atoms with E-state index >= 15 is 0 Å². The first kappa shape index (κ1) is 38.5. The summed E-state index contributed by atoms with van der Waals surface area (Å²) in [5, 5.41) is -14.0. The predicted octanol–water partition coefficient (Wildman–Crippen LogP) is 5.49. The second-order valence-corrected chi connectivity index (χ2v) is 11.6. The van der Waals surface area contributed by atoms with Crippen LogP contribution < -0.4 is 0 Å². The maximum absolute atomic E-state index is 12.3. The number of nitrogens with zero attached hydrogens (tertiary/aromatic N) is 2. The Morgan fingerprint density at radius 3 is 1.61 bits per heavy atom. The van der Waals surface area contributed by atoms with E-state index in [0.717, 1.165) is 37.1 Å². The molecule has 0 heterocycles. The zero-order chi connectivity index (χ0) is 32.6. The van der Waals surface area contributed by atoms with Gasteiger partial charge in [0.05, 0.1) is 26.2 Å². The molecule has 0 unspecified atom stereocenters. The Bertz CT molecular complexity index is 1160. The molecule has 1 aromatic carbocycles. The molecular formula is C21H26F10N2O6S2. The molecule has 41 heavy (non-hydrogen) atoms. The van der Waals surface area contributed by atoms with Gasteiger partial charge in [-0.15, -0.1) is 0 Å². The van der Waals surface area contributed by atoms with Crippen LogP contribution in [0.2, 0.25) is 0 Å². The number of hydrogen-bond donors (Lipinski definition) is 0. The average Bonchev–Trinajstić information content (AvgIpc) is 2.84. The van der Waals surface area contributed by atoms with Crippen LogP contribution in [0.4, 0.5) is 43.9 Å². The molecule has 0 aliphatic carbocycles. The fourth-order valence-corrected chi connectivity index (χ4v) is 5.33. The number of benzene rings is 1. The zero-order valence-electron chi connectivity index (χ0n) is 21.4. The van der Waals surface area contributed by atoms with Crippen molar-refractivity contribution in [3.63, 3.8) is 0 Å². The molecular weight excluding hydrogens is 630 g/mol. The van der Waals surface area contributed by atoms with E-state index in [0.29, 0.717) is 10.7 Å². The number of alkyl halides is 10. The van der Waals surface area contributed by atoms with Crippen LogP contribution in [0.5, 0.6) is 0 Å². The molecule has 0 radical (unpaired) electrons. The van der Waals surface area contributed by atoms with Gasteiger partial charge in [0.15, 0.2) is 20.0 Å². The lowest BCUT2D eigenvalue weighted by Crippen LogP contribution is -2.48. The normalized spacial score (nSPS) is 13.7. The number of halogens is 10. The Balaban J connectivity index is 0.000000781. The lowest BCUT2D eigenvalue weighted by atomic mass is 10.1. The Labute approximate surface area is 229 Å². The van der Waals surface area contributed by atoms with Gasteiger partial charge in [0.25, 0.3) is 0 Å². The second-order valence-electron chi connectivity index (χ2n) is 8.12. The van der Waals surface area contributed by atoms with E-state index in [4.69, 9.17) is 4.74 Å². The monoisotopic (exact) mass is 656 g/mol. The van der Waals surface area contributed by atoms with Crippen LogP contribution in [0.3, 0.4) is 0 Å². The minimum atomic E-state index is -7.62. The van der Waals surface area contributed by atoms with Crippen LogP contribution in [-0.4, -0.2) is 76.4 Å². The van der Waals surface area contributed by atoms with Crippen LogP contribution >= 0.6 is 0 Å². The van der Waals surface area contributed by atoms with Crippen LogP contribution in [-0.2, 0) is 36.1 Å². The number of carbonyl (C=O) groups excluding carboxylic acids is 1. The number of sulfonamides is 2. The van der Waals surface area contributed by atoms with Crippen LogP contribution in [0, 0.1) is 0 Å². The van der Waals surface area contributed by atoms with Gasteiger partial charge in [-0.1, -0.05) is 36.9 Å². The number of ether oxygens (including phenoxy) is 1. The van der Waals surface area contributed by atoms with Crippen molar-refractivity contribution in [2.45, 2.75) is 49.7 Å². The SMILES string of the molecule is C=CC(=O)OCCC[N+](CC)(CC)Cc1ccccc1.O=S(=O)([N-]S(=O)(=O)C(F)(F)C(F)(F)F)C(F)(F)C(F)(F)F. The summed E-state index contributed by atoms with van der Waals surface area (Å²) in [7, 11) is -15.2. The summed E-state index contributed by atoms with van der Waals surface area (Å²) in [5.41, 5.74) is 1.36. The van der Waals surface area contributed by atoms with E-state index in [9.17, 15) is 65.5 Å². The summed E-state index contributed by atoms with van der Waals surface area (Å²) in [6.45, 7) is 12.5. The highest BCUT2D eigenvalue weighted by Crippen LogP contribution is 2.47. The van der Waals surface area contributed by atoms with Crippen molar-refractivity contribution in [2.24, 2.45) is 0 Å². The minimum absolute atomic E-state index is 0.334.